The number of aliphatic carboxylic acids is 1. The summed E-state index contributed by atoms with van der Waals surface area (Å²) in [7, 11) is 0. The summed E-state index contributed by atoms with van der Waals surface area (Å²) in [5, 5.41) is 9.35. The molecule has 1 unspecified atom stereocenters. The van der Waals surface area contributed by atoms with Crippen LogP contribution in [0.2, 0.25) is 0 Å². The molecule has 5 heteroatoms. The third kappa shape index (κ3) is 3.39. The predicted molar refractivity (Wildman–Crippen MR) is 74.1 cm³/mol. The van der Waals surface area contributed by atoms with E-state index in [2.05, 4.69) is 6.92 Å². The van der Waals surface area contributed by atoms with Crippen LogP contribution >= 0.6 is 0 Å². The minimum atomic E-state index is -0.776. The van der Waals surface area contributed by atoms with E-state index in [-0.39, 0.29) is 6.03 Å². The molecule has 0 radical (unpaired) electrons. The molecule has 0 aromatic rings. The SMILES string of the molecule is CCCCN(CC)C(=O)N1CCC(CC)(C(=O)O)C1. The van der Waals surface area contributed by atoms with Crippen molar-refractivity contribution < 1.29 is 14.7 Å². The lowest BCUT2D eigenvalue weighted by molar-refractivity contribution is -0.148. The largest absolute Gasteiger partial charge is 0.481 e. The van der Waals surface area contributed by atoms with Crippen LogP contribution in [-0.2, 0) is 4.79 Å². The second-order valence-corrected chi connectivity index (χ2v) is 5.33. The number of hydrogen-bond acceptors (Lipinski definition) is 2. The van der Waals surface area contributed by atoms with E-state index in [1.165, 1.54) is 0 Å². The fourth-order valence-electron chi connectivity index (χ4n) is 2.59. The Balaban J connectivity index is 2.67. The molecule has 0 aliphatic carbocycles. The average molecular weight is 270 g/mol. The standard InChI is InChI=1S/C14H26N2O3/c1-4-7-9-15(6-3)13(19)16-10-8-14(5-2,11-16)12(17)18/h4-11H2,1-3H3,(H,17,18). The predicted octanol–water partition coefficient (Wildman–Crippen LogP) is 2.42. The van der Waals surface area contributed by atoms with Crippen molar-refractivity contribution in [2.75, 3.05) is 26.2 Å². The summed E-state index contributed by atoms with van der Waals surface area (Å²) in [4.78, 5) is 27.3. The number of urea groups is 1. The van der Waals surface area contributed by atoms with E-state index in [9.17, 15) is 14.7 Å². The molecule has 0 bridgehead atoms. The van der Waals surface area contributed by atoms with Crippen molar-refractivity contribution in [3.05, 3.63) is 0 Å². The van der Waals surface area contributed by atoms with E-state index >= 15 is 0 Å². The third-order valence-electron chi connectivity index (χ3n) is 4.19. The average Bonchev–Trinajstić information content (AvgIpc) is 2.85. The zero-order valence-corrected chi connectivity index (χ0v) is 12.3. The number of carbonyl (C=O) groups is 2. The molecule has 19 heavy (non-hydrogen) atoms. The number of nitrogens with zero attached hydrogens (tertiary/aromatic N) is 2. The maximum Gasteiger partial charge on any atom is 0.320 e. The molecule has 1 rings (SSSR count). The molecule has 0 aromatic carbocycles. The number of carboxylic acid groups (broad SMARTS) is 1. The maximum absolute atomic E-state index is 12.4. The van der Waals surface area contributed by atoms with Gasteiger partial charge >= 0.3 is 12.0 Å². The number of amides is 2. The molecule has 5 nitrogen and oxygen atoms in total. The van der Waals surface area contributed by atoms with E-state index < -0.39 is 11.4 Å². The van der Waals surface area contributed by atoms with Crippen molar-refractivity contribution in [1.82, 2.24) is 9.80 Å². The van der Waals surface area contributed by atoms with Crippen LogP contribution in [0.1, 0.15) is 46.5 Å². The highest BCUT2D eigenvalue weighted by atomic mass is 16.4. The Morgan fingerprint density at radius 1 is 1.32 bits per heavy atom. The van der Waals surface area contributed by atoms with Crippen LogP contribution in [0, 0.1) is 5.41 Å². The number of rotatable bonds is 6. The van der Waals surface area contributed by atoms with E-state index in [1.54, 1.807) is 4.90 Å². The number of likely N-dealkylation sites (tertiary alicyclic amines) is 1. The van der Waals surface area contributed by atoms with Crippen molar-refractivity contribution in [3.63, 3.8) is 0 Å². The first-order valence-electron chi connectivity index (χ1n) is 7.28. The van der Waals surface area contributed by atoms with Gasteiger partial charge in [0.25, 0.3) is 0 Å². The van der Waals surface area contributed by atoms with E-state index in [4.69, 9.17) is 0 Å². The Hall–Kier alpha value is -1.26. The van der Waals surface area contributed by atoms with Gasteiger partial charge in [0, 0.05) is 26.2 Å². The molecule has 1 N–H and O–H groups in total. The van der Waals surface area contributed by atoms with E-state index in [1.807, 2.05) is 18.7 Å². The Kier molecular flexibility index (Phi) is 5.63. The molecule has 1 heterocycles. The van der Waals surface area contributed by atoms with Crippen LogP contribution in [0.15, 0.2) is 0 Å². The maximum atomic E-state index is 12.4. The fraction of sp³-hybridized carbons (Fsp3) is 0.857. The van der Waals surface area contributed by atoms with Crippen molar-refractivity contribution in [2.24, 2.45) is 5.41 Å². The van der Waals surface area contributed by atoms with Crippen molar-refractivity contribution in [2.45, 2.75) is 46.5 Å². The van der Waals surface area contributed by atoms with Gasteiger partial charge in [-0.15, -0.1) is 0 Å². The number of unbranched alkanes of at least 4 members (excludes halogenated alkanes) is 1. The van der Waals surface area contributed by atoms with Gasteiger partial charge in [0.05, 0.1) is 5.41 Å². The number of hydrogen-bond donors (Lipinski definition) is 1. The fourth-order valence-corrected chi connectivity index (χ4v) is 2.59. The Labute approximate surface area is 115 Å². The van der Waals surface area contributed by atoms with Gasteiger partial charge in [0.2, 0.25) is 0 Å². The van der Waals surface area contributed by atoms with Crippen LogP contribution in [0.4, 0.5) is 4.79 Å². The number of carbonyl (C=O) groups excluding carboxylic acids is 1. The van der Waals surface area contributed by atoms with Gasteiger partial charge in [-0.2, -0.15) is 0 Å². The molecular weight excluding hydrogens is 244 g/mol. The minimum absolute atomic E-state index is 0.00692. The molecule has 0 saturated carbocycles. The highest BCUT2D eigenvalue weighted by Gasteiger charge is 2.45. The quantitative estimate of drug-likeness (QED) is 0.806. The van der Waals surface area contributed by atoms with E-state index in [0.29, 0.717) is 32.5 Å². The molecule has 0 spiro atoms. The van der Waals surface area contributed by atoms with Crippen molar-refractivity contribution >= 4 is 12.0 Å². The normalized spacial score (nSPS) is 22.6. The zero-order chi connectivity index (χ0) is 14.5. The Morgan fingerprint density at radius 3 is 2.42 bits per heavy atom. The van der Waals surface area contributed by atoms with Gasteiger partial charge in [0.1, 0.15) is 0 Å². The van der Waals surface area contributed by atoms with Crippen LogP contribution in [0.5, 0.6) is 0 Å². The monoisotopic (exact) mass is 270 g/mol. The first-order chi connectivity index (χ1) is 9.00. The molecule has 1 saturated heterocycles. The lowest BCUT2D eigenvalue weighted by atomic mass is 9.84. The Morgan fingerprint density at radius 2 is 2.00 bits per heavy atom. The summed E-state index contributed by atoms with van der Waals surface area (Å²) in [6.07, 6.45) is 3.19. The molecule has 1 fully saturated rings. The van der Waals surface area contributed by atoms with Gasteiger partial charge in [0.15, 0.2) is 0 Å². The molecule has 110 valence electrons. The molecule has 0 aromatic heterocycles. The second kappa shape index (κ2) is 6.78. The lowest BCUT2D eigenvalue weighted by Crippen LogP contribution is -2.44. The second-order valence-electron chi connectivity index (χ2n) is 5.33. The first-order valence-corrected chi connectivity index (χ1v) is 7.28. The van der Waals surface area contributed by atoms with Crippen LogP contribution in [-0.4, -0.2) is 53.1 Å². The van der Waals surface area contributed by atoms with Gasteiger partial charge in [-0.3, -0.25) is 4.79 Å². The Bertz CT molecular complexity index is 333. The molecule has 1 aliphatic rings. The summed E-state index contributed by atoms with van der Waals surface area (Å²) >= 11 is 0. The summed E-state index contributed by atoms with van der Waals surface area (Å²) in [5.74, 6) is -0.776. The number of carboxylic acids is 1. The van der Waals surface area contributed by atoms with Gasteiger partial charge in [-0.1, -0.05) is 20.3 Å². The zero-order valence-electron chi connectivity index (χ0n) is 12.3. The van der Waals surface area contributed by atoms with Crippen molar-refractivity contribution in [3.8, 4) is 0 Å². The minimum Gasteiger partial charge on any atom is -0.481 e. The summed E-state index contributed by atoms with van der Waals surface area (Å²) in [5.41, 5.74) is -0.736. The van der Waals surface area contributed by atoms with Crippen LogP contribution < -0.4 is 0 Å². The van der Waals surface area contributed by atoms with Crippen LogP contribution in [0.3, 0.4) is 0 Å². The molecular formula is C14H26N2O3. The van der Waals surface area contributed by atoms with E-state index in [0.717, 1.165) is 19.4 Å². The third-order valence-corrected chi connectivity index (χ3v) is 4.19. The summed E-state index contributed by atoms with van der Waals surface area (Å²) < 4.78 is 0. The van der Waals surface area contributed by atoms with Crippen LogP contribution in [0.25, 0.3) is 0 Å². The highest BCUT2D eigenvalue weighted by molar-refractivity contribution is 5.79. The summed E-state index contributed by atoms with van der Waals surface area (Å²) in [6, 6.07) is -0.00692. The van der Waals surface area contributed by atoms with Crippen molar-refractivity contribution in [1.29, 1.82) is 0 Å². The molecule has 2 amide bonds. The molecule has 1 atom stereocenters. The molecule has 1 aliphatic heterocycles. The van der Waals surface area contributed by atoms with Gasteiger partial charge in [-0.05, 0) is 26.2 Å². The van der Waals surface area contributed by atoms with Gasteiger partial charge < -0.3 is 14.9 Å². The van der Waals surface area contributed by atoms with Gasteiger partial charge in [-0.25, -0.2) is 4.79 Å². The summed E-state index contributed by atoms with van der Waals surface area (Å²) in [6.45, 7) is 8.29. The first kappa shape index (κ1) is 15.8. The highest BCUT2D eigenvalue weighted by Crippen LogP contribution is 2.34. The lowest BCUT2D eigenvalue weighted by Gasteiger charge is -2.28. The smallest absolute Gasteiger partial charge is 0.320 e. The topological polar surface area (TPSA) is 60.9 Å².